The third-order valence-electron chi connectivity index (χ3n) is 1.29. The SMILES string of the molecule is COc1cc(Br)nc(C(F)(F)F)c1. The largest absolute Gasteiger partial charge is 0.497 e. The number of halogens is 4. The molecular weight excluding hydrogens is 251 g/mol. The molecule has 0 atom stereocenters. The van der Waals surface area contributed by atoms with Crippen molar-refractivity contribution in [3.63, 3.8) is 0 Å². The van der Waals surface area contributed by atoms with E-state index in [9.17, 15) is 13.2 Å². The van der Waals surface area contributed by atoms with Gasteiger partial charge in [-0.3, -0.25) is 0 Å². The third-order valence-corrected chi connectivity index (χ3v) is 1.70. The third kappa shape index (κ3) is 2.58. The Morgan fingerprint density at radius 2 is 2.00 bits per heavy atom. The Hall–Kier alpha value is -0.780. The topological polar surface area (TPSA) is 22.1 Å². The highest BCUT2D eigenvalue weighted by Gasteiger charge is 2.33. The molecule has 1 aromatic rings. The number of pyridine rings is 1. The van der Waals surface area contributed by atoms with E-state index in [0.717, 1.165) is 6.07 Å². The first-order valence-electron chi connectivity index (χ1n) is 3.22. The van der Waals surface area contributed by atoms with Gasteiger partial charge in [-0.2, -0.15) is 13.2 Å². The highest BCUT2D eigenvalue weighted by atomic mass is 79.9. The minimum Gasteiger partial charge on any atom is -0.497 e. The summed E-state index contributed by atoms with van der Waals surface area (Å²) < 4.78 is 41.2. The normalized spacial score (nSPS) is 11.5. The van der Waals surface area contributed by atoms with Crippen LogP contribution in [0.15, 0.2) is 16.7 Å². The molecule has 0 unspecified atom stereocenters. The Labute approximate surface area is 80.9 Å². The summed E-state index contributed by atoms with van der Waals surface area (Å²) in [5.41, 5.74) is -0.973. The van der Waals surface area contributed by atoms with Gasteiger partial charge in [0.25, 0.3) is 0 Å². The molecule has 0 aliphatic heterocycles. The Morgan fingerprint density at radius 3 is 2.46 bits per heavy atom. The highest BCUT2D eigenvalue weighted by molar-refractivity contribution is 9.10. The van der Waals surface area contributed by atoms with Crippen LogP contribution in [0.2, 0.25) is 0 Å². The maximum atomic E-state index is 12.1. The minimum atomic E-state index is -4.45. The van der Waals surface area contributed by atoms with E-state index in [-0.39, 0.29) is 10.4 Å². The van der Waals surface area contributed by atoms with Crippen molar-refractivity contribution in [2.24, 2.45) is 0 Å². The lowest BCUT2D eigenvalue weighted by Crippen LogP contribution is -2.08. The summed E-state index contributed by atoms with van der Waals surface area (Å²) in [7, 11) is 1.29. The molecule has 13 heavy (non-hydrogen) atoms. The molecule has 1 aromatic heterocycles. The van der Waals surface area contributed by atoms with Crippen LogP contribution in [0.25, 0.3) is 0 Å². The van der Waals surface area contributed by atoms with Crippen LogP contribution in [-0.2, 0) is 6.18 Å². The number of ether oxygens (including phenoxy) is 1. The smallest absolute Gasteiger partial charge is 0.433 e. The second kappa shape index (κ2) is 3.53. The number of hydrogen-bond donors (Lipinski definition) is 0. The summed E-state index contributed by atoms with van der Waals surface area (Å²) in [4.78, 5) is 3.26. The summed E-state index contributed by atoms with van der Waals surface area (Å²) in [5.74, 6) is 0.120. The van der Waals surface area contributed by atoms with Gasteiger partial charge in [-0.25, -0.2) is 4.98 Å². The monoisotopic (exact) mass is 255 g/mol. The van der Waals surface area contributed by atoms with Gasteiger partial charge in [-0.05, 0) is 15.9 Å². The van der Waals surface area contributed by atoms with Crippen LogP contribution in [-0.4, -0.2) is 12.1 Å². The van der Waals surface area contributed by atoms with Crippen molar-refractivity contribution < 1.29 is 17.9 Å². The fourth-order valence-corrected chi connectivity index (χ4v) is 1.15. The molecule has 0 aliphatic rings. The second-order valence-corrected chi connectivity index (χ2v) is 3.03. The van der Waals surface area contributed by atoms with Crippen molar-refractivity contribution in [2.45, 2.75) is 6.18 Å². The molecule has 2 nitrogen and oxygen atoms in total. The molecule has 0 bridgehead atoms. The van der Waals surface area contributed by atoms with Crippen molar-refractivity contribution in [3.05, 3.63) is 22.4 Å². The van der Waals surface area contributed by atoms with Crippen LogP contribution < -0.4 is 4.74 Å². The van der Waals surface area contributed by atoms with E-state index < -0.39 is 11.9 Å². The van der Waals surface area contributed by atoms with Crippen molar-refractivity contribution in [1.82, 2.24) is 4.98 Å². The number of methoxy groups -OCH3 is 1. The number of nitrogens with zero attached hydrogens (tertiary/aromatic N) is 1. The highest BCUT2D eigenvalue weighted by Crippen LogP contribution is 2.31. The van der Waals surface area contributed by atoms with E-state index >= 15 is 0 Å². The van der Waals surface area contributed by atoms with E-state index in [2.05, 4.69) is 25.7 Å². The van der Waals surface area contributed by atoms with E-state index in [1.807, 2.05) is 0 Å². The Bertz CT molecular complexity index is 313. The predicted octanol–water partition coefficient (Wildman–Crippen LogP) is 2.87. The van der Waals surface area contributed by atoms with Crippen LogP contribution in [0.3, 0.4) is 0 Å². The van der Waals surface area contributed by atoms with Gasteiger partial charge in [0.15, 0.2) is 0 Å². The Kier molecular flexibility index (Phi) is 2.80. The van der Waals surface area contributed by atoms with Gasteiger partial charge in [-0.1, -0.05) is 0 Å². The number of alkyl halides is 3. The molecule has 1 heterocycles. The zero-order valence-corrected chi connectivity index (χ0v) is 8.11. The fourth-order valence-electron chi connectivity index (χ4n) is 0.736. The maximum absolute atomic E-state index is 12.1. The first-order valence-corrected chi connectivity index (χ1v) is 4.01. The zero-order valence-electron chi connectivity index (χ0n) is 6.52. The van der Waals surface area contributed by atoms with Gasteiger partial charge in [0.05, 0.1) is 7.11 Å². The average molecular weight is 256 g/mol. The molecule has 0 saturated carbocycles. The molecule has 0 fully saturated rings. The van der Waals surface area contributed by atoms with E-state index in [0.29, 0.717) is 0 Å². The summed E-state index contributed by atoms with van der Waals surface area (Å²) in [6.07, 6.45) is -4.45. The maximum Gasteiger partial charge on any atom is 0.433 e. The zero-order chi connectivity index (χ0) is 10.1. The lowest BCUT2D eigenvalue weighted by Gasteiger charge is -2.07. The van der Waals surface area contributed by atoms with E-state index in [4.69, 9.17) is 0 Å². The van der Waals surface area contributed by atoms with E-state index in [1.165, 1.54) is 13.2 Å². The van der Waals surface area contributed by atoms with Crippen LogP contribution in [0.5, 0.6) is 5.75 Å². The Balaban J connectivity index is 3.16. The van der Waals surface area contributed by atoms with E-state index in [1.54, 1.807) is 0 Å². The lowest BCUT2D eigenvalue weighted by atomic mass is 10.3. The molecule has 0 saturated heterocycles. The first-order chi connectivity index (χ1) is 5.93. The van der Waals surface area contributed by atoms with Crippen LogP contribution >= 0.6 is 15.9 Å². The second-order valence-electron chi connectivity index (χ2n) is 2.21. The number of hydrogen-bond acceptors (Lipinski definition) is 2. The molecule has 1 rings (SSSR count). The standard InChI is InChI=1S/C7H5BrF3NO/c1-13-4-2-5(7(9,10)11)12-6(8)3-4/h2-3H,1H3. The van der Waals surface area contributed by atoms with Gasteiger partial charge in [0.2, 0.25) is 0 Å². The minimum absolute atomic E-state index is 0.0965. The molecule has 0 spiro atoms. The quantitative estimate of drug-likeness (QED) is 0.721. The van der Waals surface area contributed by atoms with Crippen LogP contribution in [0, 0.1) is 0 Å². The van der Waals surface area contributed by atoms with Crippen molar-refractivity contribution in [3.8, 4) is 5.75 Å². The number of rotatable bonds is 1. The van der Waals surface area contributed by atoms with Gasteiger partial charge >= 0.3 is 6.18 Å². The van der Waals surface area contributed by atoms with Crippen molar-refractivity contribution in [2.75, 3.05) is 7.11 Å². The average Bonchev–Trinajstić information content (AvgIpc) is 2.01. The summed E-state index contributed by atoms with van der Waals surface area (Å²) in [6.45, 7) is 0. The first kappa shape index (κ1) is 10.3. The molecule has 0 amide bonds. The lowest BCUT2D eigenvalue weighted by molar-refractivity contribution is -0.141. The van der Waals surface area contributed by atoms with Gasteiger partial charge < -0.3 is 4.74 Å². The molecule has 6 heteroatoms. The molecule has 0 radical (unpaired) electrons. The van der Waals surface area contributed by atoms with Gasteiger partial charge in [0.1, 0.15) is 16.0 Å². The molecular formula is C7H5BrF3NO. The van der Waals surface area contributed by atoms with Gasteiger partial charge in [-0.15, -0.1) is 0 Å². The summed E-state index contributed by atoms with van der Waals surface area (Å²) in [6, 6.07) is 2.19. The molecule has 0 aliphatic carbocycles. The Morgan fingerprint density at radius 1 is 1.38 bits per heavy atom. The summed E-state index contributed by atoms with van der Waals surface area (Å²) in [5, 5.41) is 0. The molecule has 0 N–H and O–H groups in total. The number of aromatic nitrogens is 1. The predicted molar refractivity (Wildman–Crippen MR) is 43.5 cm³/mol. The molecule has 72 valence electrons. The van der Waals surface area contributed by atoms with Gasteiger partial charge in [0, 0.05) is 12.1 Å². The summed E-state index contributed by atoms with van der Waals surface area (Å²) >= 11 is 2.86. The molecule has 0 aromatic carbocycles. The van der Waals surface area contributed by atoms with Crippen LogP contribution in [0.4, 0.5) is 13.2 Å². The van der Waals surface area contributed by atoms with Crippen molar-refractivity contribution >= 4 is 15.9 Å². The van der Waals surface area contributed by atoms with Crippen molar-refractivity contribution in [1.29, 1.82) is 0 Å². The fraction of sp³-hybridized carbons (Fsp3) is 0.286. The van der Waals surface area contributed by atoms with Crippen LogP contribution in [0.1, 0.15) is 5.69 Å².